The number of aromatic nitrogens is 1. The zero-order valence-electron chi connectivity index (χ0n) is 12.3. The van der Waals surface area contributed by atoms with Crippen LogP contribution in [0.3, 0.4) is 0 Å². The van der Waals surface area contributed by atoms with Gasteiger partial charge in [0.2, 0.25) is 0 Å². The van der Waals surface area contributed by atoms with Gasteiger partial charge in [-0.3, -0.25) is 0 Å². The molecule has 0 saturated carbocycles. The van der Waals surface area contributed by atoms with Gasteiger partial charge in [0.05, 0.1) is 30.5 Å². The van der Waals surface area contributed by atoms with Crippen LogP contribution in [0.4, 0.5) is 0 Å². The maximum atomic E-state index is 12.1. The molecular formula is C14H20NO2PSSi. The van der Waals surface area contributed by atoms with Gasteiger partial charge in [-0.1, -0.05) is 25.7 Å². The third-order valence-electron chi connectivity index (χ3n) is 2.66. The van der Waals surface area contributed by atoms with Crippen molar-refractivity contribution in [2.24, 2.45) is 0 Å². The van der Waals surface area contributed by atoms with E-state index < -0.39 is 15.8 Å². The first-order valence-electron chi connectivity index (χ1n) is 6.69. The first-order valence-corrected chi connectivity index (χ1v) is 12.8. The molecule has 0 saturated heterocycles. The molecule has 108 valence electrons. The number of ether oxygens (including phenoxy) is 1. The highest BCUT2D eigenvalue weighted by molar-refractivity contribution is 7.50. The maximum Gasteiger partial charge on any atom is 0.343 e. The summed E-state index contributed by atoms with van der Waals surface area (Å²) in [5.74, 6) is 0.856. The van der Waals surface area contributed by atoms with Gasteiger partial charge in [-0.25, -0.2) is 9.54 Å². The van der Waals surface area contributed by atoms with Gasteiger partial charge in [0, 0.05) is 0 Å². The molecule has 0 radical (unpaired) electrons. The first-order chi connectivity index (χ1) is 9.40. The average molecular weight is 325 g/mol. The number of rotatable bonds is 5. The Morgan fingerprint density at radius 3 is 2.75 bits per heavy atom. The number of nitrogens with zero attached hydrogens (tertiary/aromatic N) is 1. The number of hydrogen-bond donors (Lipinski definition) is 0. The molecule has 1 atom stereocenters. The van der Waals surface area contributed by atoms with E-state index in [1.807, 2.05) is 24.4 Å². The molecular weight excluding hydrogens is 305 g/mol. The van der Waals surface area contributed by atoms with Crippen molar-refractivity contribution in [2.75, 3.05) is 6.61 Å². The van der Waals surface area contributed by atoms with E-state index in [1.165, 1.54) is 0 Å². The Kier molecular flexibility index (Phi) is 4.84. The Morgan fingerprint density at radius 2 is 2.20 bits per heavy atom. The molecule has 6 heteroatoms. The van der Waals surface area contributed by atoms with Crippen molar-refractivity contribution in [1.29, 1.82) is 0 Å². The zero-order valence-corrected chi connectivity index (χ0v) is 15.1. The van der Waals surface area contributed by atoms with E-state index in [4.69, 9.17) is 9.48 Å². The lowest BCUT2D eigenvalue weighted by atomic mass is 10.3. The van der Waals surface area contributed by atoms with E-state index in [2.05, 4.69) is 25.7 Å². The van der Waals surface area contributed by atoms with Crippen molar-refractivity contribution < 1.29 is 9.53 Å². The van der Waals surface area contributed by atoms with Crippen molar-refractivity contribution >= 4 is 33.1 Å². The fourth-order valence-corrected chi connectivity index (χ4v) is 8.29. The van der Waals surface area contributed by atoms with E-state index in [9.17, 15) is 4.79 Å². The van der Waals surface area contributed by atoms with E-state index in [0.717, 1.165) is 21.7 Å². The summed E-state index contributed by atoms with van der Waals surface area (Å²) in [4.78, 5) is 13.3. The molecule has 1 unspecified atom stereocenters. The maximum absolute atomic E-state index is 12.1. The summed E-state index contributed by atoms with van der Waals surface area (Å²) in [6.07, 6.45) is 0. The topological polar surface area (TPSA) is 39.2 Å². The third kappa shape index (κ3) is 3.81. The van der Waals surface area contributed by atoms with Gasteiger partial charge < -0.3 is 4.74 Å². The zero-order chi connectivity index (χ0) is 14.8. The summed E-state index contributed by atoms with van der Waals surface area (Å²) in [6, 6.07) is 6.01. The van der Waals surface area contributed by atoms with Gasteiger partial charge in [0.1, 0.15) is 0 Å². The molecule has 0 bridgehead atoms. The highest BCUT2D eigenvalue weighted by atomic mass is 32.1. The van der Waals surface area contributed by atoms with Crippen molar-refractivity contribution in [1.82, 2.24) is 4.75 Å². The van der Waals surface area contributed by atoms with Gasteiger partial charge in [0.15, 0.2) is 0 Å². The van der Waals surface area contributed by atoms with Crippen LogP contribution in [0.15, 0.2) is 23.6 Å². The molecule has 0 aliphatic carbocycles. The van der Waals surface area contributed by atoms with Gasteiger partial charge in [0.25, 0.3) is 0 Å². The van der Waals surface area contributed by atoms with Crippen LogP contribution in [0.2, 0.25) is 19.6 Å². The largest absolute Gasteiger partial charge is 0.462 e. The summed E-state index contributed by atoms with van der Waals surface area (Å²) in [6.45, 7) is 9.21. The molecule has 0 aliphatic heterocycles. The fourth-order valence-electron chi connectivity index (χ4n) is 1.90. The molecule has 0 N–H and O–H groups in total. The van der Waals surface area contributed by atoms with Gasteiger partial charge in [-0.05, 0) is 37.9 Å². The summed E-state index contributed by atoms with van der Waals surface area (Å²) >= 11 is 1.66. The Labute approximate surface area is 126 Å². The second-order valence-corrected chi connectivity index (χ2v) is 14.6. The Bertz CT molecular complexity index is 587. The van der Waals surface area contributed by atoms with Gasteiger partial charge >= 0.3 is 5.97 Å². The van der Waals surface area contributed by atoms with Crippen LogP contribution >= 0.6 is 19.0 Å². The smallest absolute Gasteiger partial charge is 0.343 e. The molecule has 2 rings (SSSR count). The number of hydrogen-bond acceptors (Lipinski definition) is 4. The predicted molar refractivity (Wildman–Crippen MR) is 89.6 cm³/mol. The Morgan fingerprint density at radius 1 is 1.45 bits per heavy atom. The van der Waals surface area contributed by atoms with Crippen molar-refractivity contribution in [3.63, 3.8) is 0 Å². The number of esters is 1. The lowest BCUT2D eigenvalue weighted by molar-refractivity contribution is 0.0532. The highest BCUT2D eigenvalue weighted by Gasteiger charge is 2.23. The van der Waals surface area contributed by atoms with Crippen LogP contribution in [0.25, 0.3) is 10.6 Å². The van der Waals surface area contributed by atoms with Crippen LogP contribution in [-0.4, -0.2) is 25.4 Å². The van der Waals surface area contributed by atoms with Crippen LogP contribution in [0.1, 0.15) is 17.0 Å². The van der Waals surface area contributed by atoms with Crippen LogP contribution in [0, 0.1) is 0 Å². The number of carbonyl (C=O) groups excluding carboxylic acids is 1. The SMILES string of the molecule is CCOC(=O)c1cc(-c2cccs2)np1C[Si](C)(C)C. The molecule has 2 aromatic heterocycles. The Balaban J connectivity index is 2.39. The van der Waals surface area contributed by atoms with Crippen molar-refractivity contribution in [3.8, 4) is 10.6 Å². The summed E-state index contributed by atoms with van der Waals surface area (Å²) < 4.78 is 10.0. The molecule has 0 amide bonds. The van der Waals surface area contributed by atoms with Crippen molar-refractivity contribution in [3.05, 3.63) is 28.9 Å². The predicted octanol–water partition coefficient (Wildman–Crippen LogP) is 4.85. The Hall–Kier alpha value is -0.903. The van der Waals surface area contributed by atoms with E-state index >= 15 is 0 Å². The first kappa shape index (κ1) is 15.5. The van der Waals surface area contributed by atoms with E-state index in [0.29, 0.717) is 6.61 Å². The molecule has 0 spiro atoms. The second kappa shape index (κ2) is 6.25. The average Bonchev–Trinajstić information content (AvgIpc) is 2.95. The molecule has 2 heterocycles. The van der Waals surface area contributed by atoms with Gasteiger partial charge in [-0.15, -0.1) is 11.3 Å². The third-order valence-corrected chi connectivity index (χ3v) is 9.87. The lowest BCUT2D eigenvalue weighted by Crippen LogP contribution is -2.21. The summed E-state index contributed by atoms with van der Waals surface area (Å²) in [5.41, 5.74) is 0.951. The lowest BCUT2D eigenvalue weighted by Gasteiger charge is -2.15. The van der Waals surface area contributed by atoms with Crippen LogP contribution in [0.5, 0.6) is 0 Å². The van der Waals surface area contributed by atoms with Crippen LogP contribution in [-0.2, 0) is 10.5 Å². The minimum atomic E-state index is -1.27. The molecule has 3 nitrogen and oxygen atoms in total. The minimum absolute atomic E-state index is 0.188. The van der Waals surface area contributed by atoms with E-state index in [1.54, 1.807) is 11.3 Å². The molecule has 20 heavy (non-hydrogen) atoms. The fraction of sp³-hybridized carbons (Fsp3) is 0.429. The molecule has 0 aliphatic rings. The quantitative estimate of drug-likeness (QED) is 0.582. The normalized spacial score (nSPS) is 12.5. The number of carbonyl (C=O) groups is 1. The second-order valence-electron chi connectivity index (χ2n) is 5.83. The van der Waals surface area contributed by atoms with Crippen LogP contribution < -0.4 is 0 Å². The molecule has 2 aromatic rings. The molecule has 0 fully saturated rings. The van der Waals surface area contributed by atoms with E-state index in [-0.39, 0.29) is 5.97 Å². The number of thiophene rings is 1. The monoisotopic (exact) mass is 325 g/mol. The standard InChI is InChI=1S/C14H20NO2PSSi/c1-5-17-14(16)12-9-11(13-7-6-8-19-13)15-18(12)10-20(2,3)4/h6-9H,5,10H2,1-4H3. The minimum Gasteiger partial charge on any atom is -0.462 e. The van der Waals surface area contributed by atoms with Gasteiger partial charge in [-0.2, -0.15) is 0 Å². The van der Waals surface area contributed by atoms with Crippen molar-refractivity contribution in [2.45, 2.75) is 32.3 Å². The summed E-state index contributed by atoms with van der Waals surface area (Å²) in [7, 11) is -2.02. The molecule has 0 aromatic carbocycles. The summed E-state index contributed by atoms with van der Waals surface area (Å²) in [5, 5.41) is 2.82. The highest BCUT2D eigenvalue weighted by Crippen LogP contribution is 2.40.